The van der Waals surface area contributed by atoms with Crippen molar-refractivity contribution in [1.82, 2.24) is 0 Å². The maximum Gasteiger partial charge on any atom is 0.306 e. The number of carbonyl (C=O) groups excluding carboxylic acids is 2. The lowest BCUT2D eigenvalue weighted by atomic mass is 9.83. The van der Waals surface area contributed by atoms with Gasteiger partial charge in [0.1, 0.15) is 0 Å². The lowest BCUT2D eigenvalue weighted by Gasteiger charge is -2.23. The Morgan fingerprint density at radius 3 is 2.60 bits per heavy atom. The van der Waals surface area contributed by atoms with Crippen molar-refractivity contribution in [3.8, 4) is 0 Å². The molecule has 4 heteroatoms. The summed E-state index contributed by atoms with van der Waals surface area (Å²) in [4.78, 5) is 26.3. The summed E-state index contributed by atoms with van der Waals surface area (Å²) < 4.78 is 5.20. The molecule has 1 saturated carbocycles. The number of likely N-dealkylation sites (N-methyl/N-ethyl adjacent to an activating group) is 1. The van der Waals surface area contributed by atoms with E-state index in [2.05, 4.69) is 26.0 Å². The molecule has 1 aliphatic heterocycles. The highest BCUT2D eigenvalue weighted by Crippen LogP contribution is 2.46. The lowest BCUT2D eigenvalue weighted by Crippen LogP contribution is -2.25. The van der Waals surface area contributed by atoms with E-state index in [9.17, 15) is 9.59 Å². The van der Waals surface area contributed by atoms with Gasteiger partial charge in [-0.3, -0.25) is 9.59 Å². The molecule has 1 aromatic rings. The number of ketones is 1. The van der Waals surface area contributed by atoms with Crippen molar-refractivity contribution in [2.24, 2.45) is 5.92 Å². The van der Waals surface area contributed by atoms with E-state index < -0.39 is 0 Å². The minimum atomic E-state index is -0.249. The first-order chi connectivity index (χ1) is 11.9. The third-order valence-electron chi connectivity index (χ3n) is 5.54. The monoisotopic (exact) mass is 341 g/mol. The highest BCUT2D eigenvalue weighted by atomic mass is 16.5. The summed E-state index contributed by atoms with van der Waals surface area (Å²) in [6, 6.07) is 8.17. The zero-order chi connectivity index (χ0) is 18.0. The summed E-state index contributed by atoms with van der Waals surface area (Å²) in [5.74, 6) is 0.0267. The molecule has 0 atom stereocenters. The molecule has 1 aromatic carbocycles. The Labute approximate surface area is 149 Å². The molecule has 134 valence electrons. The molecule has 0 saturated heterocycles. The van der Waals surface area contributed by atoms with Crippen LogP contribution in [0.15, 0.2) is 36.0 Å². The molecule has 1 heterocycles. The number of rotatable bonds is 5. The molecule has 25 heavy (non-hydrogen) atoms. The number of ether oxygens (including phenoxy) is 1. The molecule has 0 spiro atoms. The minimum Gasteiger partial charge on any atom is -0.457 e. The van der Waals surface area contributed by atoms with E-state index in [1.807, 2.05) is 24.1 Å². The van der Waals surface area contributed by atoms with E-state index in [-0.39, 0.29) is 23.8 Å². The van der Waals surface area contributed by atoms with Crippen LogP contribution in [-0.4, -0.2) is 25.4 Å². The predicted octanol–water partition coefficient (Wildman–Crippen LogP) is 3.99. The fourth-order valence-electron chi connectivity index (χ4n) is 4.11. The number of nitrogens with zero attached hydrogens (tertiary/aromatic N) is 1. The van der Waals surface area contributed by atoms with Gasteiger partial charge in [-0.1, -0.05) is 44.9 Å². The number of allylic oxidation sites excluding steroid dienone is 1. The molecular weight excluding hydrogens is 314 g/mol. The van der Waals surface area contributed by atoms with Gasteiger partial charge in [-0.15, -0.1) is 0 Å². The van der Waals surface area contributed by atoms with Gasteiger partial charge in [-0.2, -0.15) is 0 Å². The first-order valence-electron chi connectivity index (χ1n) is 9.13. The lowest BCUT2D eigenvalue weighted by molar-refractivity contribution is -0.147. The second-order valence-electron chi connectivity index (χ2n) is 7.71. The van der Waals surface area contributed by atoms with Gasteiger partial charge in [0.2, 0.25) is 0 Å². The van der Waals surface area contributed by atoms with E-state index in [0.717, 1.165) is 24.2 Å². The predicted molar refractivity (Wildman–Crippen MR) is 98.5 cm³/mol. The quantitative estimate of drug-likeness (QED) is 0.600. The molecular formula is C21H27NO3. The first-order valence-corrected chi connectivity index (χ1v) is 9.13. The van der Waals surface area contributed by atoms with Crippen LogP contribution in [0.2, 0.25) is 0 Å². The van der Waals surface area contributed by atoms with Gasteiger partial charge in [0.05, 0.1) is 0 Å². The van der Waals surface area contributed by atoms with E-state index >= 15 is 0 Å². The molecule has 1 aliphatic carbocycles. The Bertz CT molecular complexity index is 699. The number of hydrogen-bond donors (Lipinski definition) is 0. The molecule has 2 aliphatic rings. The maximum atomic E-state index is 12.3. The van der Waals surface area contributed by atoms with Crippen molar-refractivity contribution in [2.45, 2.75) is 51.4 Å². The van der Waals surface area contributed by atoms with Crippen molar-refractivity contribution in [2.75, 3.05) is 18.6 Å². The average Bonchev–Trinajstić information content (AvgIpc) is 3.15. The molecule has 0 N–H and O–H groups in total. The van der Waals surface area contributed by atoms with E-state index in [1.54, 1.807) is 6.08 Å². The van der Waals surface area contributed by atoms with E-state index in [4.69, 9.17) is 4.74 Å². The second kappa shape index (κ2) is 7.03. The number of benzene rings is 1. The van der Waals surface area contributed by atoms with Gasteiger partial charge in [0.15, 0.2) is 12.4 Å². The fourth-order valence-corrected chi connectivity index (χ4v) is 4.11. The highest BCUT2D eigenvalue weighted by Gasteiger charge is 2.38. The Balaban J connectivity index is 1.62. The molecule has 1 fully saturated rings. The summed E-state index contributed by atoms with van der Waals surface area (Å²) in [6.07, 6.45) is 6.67. The van der Waals surface area contributed by atoms with Crippen molar-refractivity contribution in [3.63, 3.8) is 0 Å². The molecule has 0 bridgehead atoms. The van der Waals surface area contributed by atoms with Gasteiger partial charge < -0.3 is 9.64 Å². The molecule has 0 unspecified atom stereocenters. The number of fused-ring (bicyclic) bond motifs is 1. The van der Waals surface area contributed by atoms with Crippen LogP contribution in [0.25, 0.3) is 0 Å². The Morgan fingerprint density at radius 2 is 1.92 bits per heavy atom. The second-order valence-corrected chi connectivity index (χ2v) is 7.71. The smallest absolute Gasteiger partial charge is 0.306 e. The van der Waals surface area contributed by atoms with Crippen LogP contribution in [0.4, 0.5) is 5.69 Å². The number of hydrogen-bond acceptors (Lipinski definition) is 4. The molecule has 0 radical (unpaired) electrons. The number of esters is 1. The fraction of sp³-hybridized carbons (Fsp3) is 0.524. The summed E-state index contributed by atoms with van der Waals surface area (Å²) in [6.45, 7) is 4.05. The summed E-state index contributed by atoms with van der Waals surface area (Å²) in [5.41, 5.74) is 3.01. The highest BCUT2D eigenvalue weighted by molar-refractivity contribution is 5.94. The van der Waals surface area contributed by atoms with Crippen LogP contribution in [-0.2, 0) is 19.7 Å². The molecule has 0 amide bonds. The van der Waals surface area contributed by atoms with Gasteiger partial charge >= 0.3 is 5.97 Å². The molecule has 4 nitrogen and oxygen atoms in total. The minimum absolute atomic E-state index is 0.164. The van der Waals surface area contributed by atoms with Gasteiger partial charge in [-0.05, 0) is 30.4 Å². The summed E-state index contributed by atoms with van der Waals surface area (Å²) in [5, 5.41) is 0. The number of carbonyl (C=O) groups is 2. The van der Waals surface area contributed by atoms with Crippen LogP contribution in [0.1, 0.15) is 51.5 Å². The average molecular weight is 341 g/mol. The van der Waals surface area contributed by atoms with E-state index in [0.29, 0.717) is 12.3 Å². The van der Waals surface area contributed by atoms with Gasteiger partial charge in [0, 0.05) is 36.3 Å². The van der Waals surface area contributed by atoms with Crippen molar-refractivity contribution < 1.29 is 14.3 Å². The van der Waals surface area contributed by atoms with Crippen molar-refractivity contribution in [1.29, 1.82) is 0 Å². The standard InChI is InChI=1S/C21H27NO3/c1-21(2)17-10-6-7-11-18(17)22(3)19(21)13-16(23)14-25-20(24)12-15-8-4-5-9-15/h6-7,10-11,13,15H,4-5,8-9,12,14H2,1-3H3. The molecule has 0 aromatic heterocycles. The topological polar surface area (TPSA) is 46.6 Å². The summed E-state index contributed by atoms with van der Waals surface area (Å²) in [7, 11) is 1.97. The Morgan fingerprint density at radius 1 is 1.24 bits per heavy atom. The zero-order valence-corrected chi connectivity index (χ0v) is 15.4. The van der Waals surface area contributed by atoms with Crippen molar-refractivity contribution >= 4 is 17.4 Å². The summed E-state index contributed by atoms with van der Waals surface area (Å²) >= 11 is 0. The Hall–Kier alpha value is -2.10. The number of anilines is 1. The SMILES string of the molecule is CN1C(=CC(=O)COC(=O)CC2CCCC2)C(C)(C)c2ccccc21. The maximum absolute atomic E-state index is 12.3. The van der Waals surface area contributed by atoms with Gasteiger partial charge in [-0.25, -0.2) is 0 Å². The van der Waals surface area contributed by atoms with Crippen LogP contribution in [0, 0.1) is 5.92 Å². The Kier molecular flexibility index (Phi) is 4.98. The third-order valence-corrected chi connectivity index (χ3v) is 5.54. The largest absolute Gasteiger partial charge is 0.457 e. The van der Waals surface area contributed by atoms with Gasteiger partial charge in [0.25, 0.3) is 0 Å². The zero-order valence-electron chi connectivity index (χ0n) is 15.4. The van der Waals surface area contributed by atoms with Crippen LogP contribution < -0.4 is 4.90 Å². The number of para-hydroxylation sites is 1. The van der Waals surface area contributed by atoms with Crippen LogP contribution in [0.5, 0.6) is 0 Å². The first kappa shape index (κ1) is 17.7. The van der Waals surface area contributed by atoms with Crippen molar-refractivity contribution in [3.05, 3.63) is 41.6 Å². The normalized spacial score (nSPS) is 20.8. The van der Waals surface area contributed by atoms with Crippen LogP contribution in [0.3, 0.4) is 0 Å². The molecule has 3 rings (SSSR count). The third kappa shape index (κ3) is 3.63. The van der Waals surface area contributed by atoms with E-state index in [1.165, 1.54) is 18.4 Å². The van der Waals surface area contributed by atoms with Crippen LogP contribution >= 0.6 is 0 Å².